The lowest BCUT2D eigenvalue weighted by Gasteiger charge is -2.25. The van der Waals surface area contributed by atoms with Gasteiger partial charge in [-0.2, -0.15) is 5.26 Å². The van der Waals surface area contributed by atoms with Crippen LogP contribution in [0.2, 0.25) is 0 Å². The van der Waals surface area contributed by atoms with Crippen LogP contribution in [-0.4, -0.2) is 48.9 Å². The topological polar surface area (TPSA) is 47.3 Å². The zero-order chi connectivity index (χ0) is 10.6. The molecular weight excluding hydrogens is 178 g/mol. The Morgan fingerprint density at radius 2 is 2.36 bits per heavy atom. The van der Waals surface area contributed by atoms with Gasteiger partial charge in [-0.1, -0.05) is 0 Å². The van der Waals surface area contributed by atoms with Gasteiger partial charge in [-0.15, -0.1) is 0 Å². The van der Waals surface area contributed by atoms with Crippen LogP contribution in [0, 0.1) is 11.3 Å². The summed E-state index contributed by atoms with van der Waals surface area (Å²) in [6.45, 7) is 1.67. The second-order valence-corrected chi connectivity index (χ2v) is 3.83. The van der Waals surface area contributed by atoms with Gasteiger partial charge in [0.1, 0.15) is 0 Å². The Morgan fingerprint density at radius 1 is 1.64 bits per heavy atom. The standard InChI is InChI=1S/C10H17N3O/c1-12(2)10(14)9-5-3-7-13(9)8-4-6-11/h9H,3-5,7-8H2,1-2H3/t9-/m1/s1. The Bertz CT molecular complexity index is 244. The number of carbonyl (C=O) groups is 1. The largest absolute Gasteiger partial charge is 0.347 e. The molecule has 14 heavy (non-hydrogen) atoms. The summed E-state index contributed by atoms with van der Waals surface area (Å²) in [7, 11) is 3.56. The minimum absolute atomic E-state index is 0.0124. The molecule has 0 unspecified atom stereocenters. The molecule has 78 valence electrons. The van der Waals surface area contributed by atoms with E-state index in [1.165, 1.54) is 0 Å². The predicted molar refractivity (Wildman–Crippen MR) is 53.5 cm³/mol. The monoisotopic (exact) mass is 195 g/mol. The fraction of sp³-hybridized carbons (Fsp3) is 0.800. The second kappa shape index (κ2) is 4.97. The van der Waals surface area contributed by atoms with Gasteiger partial charge in [0.05, 0.1) is 12.1 Å². The van der Waals surface area contributed by atoms with Gasteiger partial charge in [-0.25, -0.2) is 0 Å². The molecule has 1 fully saturated rings. The van der Waals surface area contributed by atoms with Crippen LogP contribution in [0.25, 0.3) is 0 Å². The highest BCUT2D eigenvalue weighted by molar-refractivity contribution is 5.81. The minimum atomic E-state index is 0.0124. The van der Waals surface area contributed by atoms with Gasteiger partial charge < -0.3 is 4.90 Å². The van der Waals surface area contributed by atoms with E-state index in [-0.39, 0.29) is 11.9 Å². The van der Waals surface area contributed by atoms with Gasteiger partial charge in [0.2, 0.25) is 5.91 Å². The number of rotatable bonds is 3. The molecule has 0 spiro atoms. The zero-order valence-electron chi connectivity index (χ0n) is 8.86. The van der Waals surface area contributed by atoms with E-state index in [1.807, 2.05) is 0 Å². The maximum Gasteiger partial charge on any atom is 0.239 e. The Morgan fingerprint density at radius 3 is 2.93 bits per heavy atom. The number of hydrogen-bond acceptors (Lipinski definition) is 3. The van der Waals surface area contributed by atoms with Gasteiger partial charge in [0.15, 0.2) is 0 Å². The quantitative estimate of drug-likeness (QED) is 0.657. The van der Waals surface area contributed by atoms with Crippen molar-refractivity contribution in [3.05, 3.63) is 0 Å². The first-order valence-electron chi connectivity index (χ1n) is 4.99. The Balaban J connectivity index is 2.51. The van der Waals surface area contributed by atoms with Crippen molar-refractivity contribution in [2.45, 2.75) is 25.3 Å². The number of likely N-dealkylation sites (N-methyl/N-ethyl adjacent to an activating group) is 1. The van der Waals surface area contributed by atoms with Crippen LogP contribution < -0.4 is 0 Å². The molecule has 1 saturated heterocycles. The first-order chi connectivity index (χ1) is 6.66. The van der Waals surface area contributed by atoms with E-state index in [1.54, 1.807) is 19.0 Å². The number of hydrogen-bond donors (Lipinski definition) is 0. The zero-order valence-corrected chi connectivity index (χ0v) is 8.86. The SMILES string of the molecule is CN(C)C(=O)[C@H]1CCCN1CCC#N. The van der Waals surface area contributed by atoms with Gasteiger partial charge in [-0.3, -0.25) is 9.69 Å². The molecule has 1 aliphatic heterocycles. The van der Waals surface area contributed by atoms with E-state index in [2.05, 4.69) is 11.0 Å². The van der Waals surface area contributed by atoms with Crippen LogP contribution in [0.5, 0.6) is 0 Å². The highest BCUT2D eigenvalue weighted by Gasteiger charge is 2.30. The van der Waals surface area contributed by atoms with E-state index in [0.29, 0.717) is 6.42 Å². The van der Waals surface area contributed by atoms with Crippen LogP contribution in [0.1, 0.15) is 19.3 Å². The number of nitriles is 1. The number of carbonyl (C=O) groups excluding carboxylic acids is 1. The Hall–Kier alpha value is -1.08. The van der Waals surface area contributed by atoms with Crippen molar-refractivity contribution in [1.29, 1.82) is 5.26 Å². The van der Waals surface area contributed by atoms with Crippen molar-refractivity contribution in [3.8, 4) is 6.07 Å². The fourth-order valence-electron chi connectivity index (χ4n) is 1.87. The molecule has 0 aromatic heterocycles. The molecule has 0 bridgehead atoms. The molecule has 0 aromatic carbocycles. The van der Waals surface area contributed by atoms with Crippen LogP contribution in [0.3, 0.4) is 0 Å². The predicted octanol–water partition coefficient (Wildman–Crippen LogP) is 0.453. The molecule has 0 aromatic rings. The molecule has 1 heterocycles. The third-order valence-corrected chi connectivity index (χ3v) is 2.60. The summed E-state index contributed by atoms with van der Waals surface area (Å²) in [5.41, 5.74) is 0. The molecule has 4 heteroatoms. The summed E-state index contributed by atoms with van der Waals surface area (Å²) in [6.07, 6.45) is 2.51. The summed E-state index contributed by atoms with van der Waals surface area (Å²) < 4.78 is 0. The summed E-state index contributed by atoms with van der Waals surface area (Å²) in [5, 5.41) is 8.49. The molecule has 0 N–H and O–H groups in total. The normalized spacial score (nSPS) is 21.9. The molecule has 0 radical (unpaired) electrons. The van der Waals surface area contributed by atoms with Crippen molar-refractivity contribution in [2.24, 2.45) is 0 Å². The van der Waals surface area contributed by atoms with Crippen LogP contribution in [0.15, 0.2) is 0 Å². The third kappa shape index (κ3) is 2.46. The van der Waals surface area contributed by atoms with E-state index < -0.39 is 0 Å². The summed E-state index contributed by atoms with van der Waals surface area (Å²) >= 11 is 0. The first-order valence-corrected chi connectivity index (χ1v) is 4.99. The maximum absolute atomic E-state index is 11.7. The van der Waals surface area contributed by atoms with Gasteiger partial charge in [0.25, 0.3) is 0 Å². The Labute approximate surface area is 85.1 Å². The lowest BCUT2D eigenvalue weighted by Crippen LogP contribution is -2.42. The highest BCUT2D eigenvalue weighted by atomic mass is 16.2. The average molecular weight is 195 g/mol. The number of likely N-dealkylation sites (tertiary alicyclic amines) is 1. The van der Waals surface area contributed by atoms with Crippen LogP contribution in [0.4, 0.5) is 0 Å². The second-order valence-electron chi connectivity index (χ2n) is 3.83. The van der Waals surface area contributed by atoms with Gasteiger partial charge in [0, 0.05) is 27.1 Å². The average Bonchev–Trinajstić information content (AvgIpc) is 2.61. The molecule has 1 atom stereocenters. The number of amides is 1. The lowest BCUT2D eigenvalue weighted by atomic mass is 10.2. The minimum Gasteiger partial charge on any atom is -0.347 e. The summed E-state index contributed by atoms with van der Waals surface area (Å²) in [6, 6.07) is 2.13. The Kier molecular flexibility index (Phi) is 3.90. The van der Waals surface area contributed by atoms with Gasteiger partial charge in [-0.05, 0) is 19.4 Å². The van der Waals surface area contributed by atoms with E-state index in [4.69, 9.17) is 5.26 Å². The fourth-order valence-corrected chi connectivity index (χ4v) is 1.87. The lowest BCUT2D eigenvalue weighted by molar-refractivity contribution is -0.133. The summed E-state index contributed by atoms with van der Waals surface area (Å²) in [4.78, 5) is 15.5. The molecule has 1 aliphatic rings. The molecule has 0 saturated carbocycles. The first kappa shape index (κ1) is 11.0. The van der Waals surface area contributed by atoms with Crippen LogP contribution in [-0.2, 0) is 4.79 Å². The maximum atomic E-state index is 11.7. The van der Waals surface area contributed by atoms with E-state index in [9.17, 15) is 4.79 Å². The van der Waals surface area contributed by atoms with Crippen molar-refractivity contribution in [3.63, 3.8) is 0 Å². The molecular formula is C10H17N3O. The van der Waals surface area contributed by atoms with E-state index >= 15 is 0 Å². The number of nitrogens with zero attached hydrogens (tertiary/aromatic N) is 3. The van der Waals surface area contributed by atoms with E-state index in [0.717, 1.165) is 25.9 Å². The molecule has 0 aliphatic carbocycles. The van der Waals surface area contributed by atoms with Gasteiger partial charge >= 0.3 is 0 Å². The smallest absolute Gasteiger partial charge is 0.239 e. The van der Waals surface area contributed by atoms with Crippen molar-refractivity contribution >= 4 is 5.91 Å². The van der Waals surface area contributed by atoms with Crippen molar-refractivity contribution < 1.29 is 4.79 Å². The van der Waals surface area contributed by atoms with Crippen molar-refractivity contribution in [2.75, 3.05) is 27.2 Å². The summed E-state index contributed by atoms with van der Waals surface area (Å²) in [5.74, 6) is 0.167. The highest BCUT2D eigenvalue weighted by Crippen LogP contribution is 2.18. The van der Waals surface area contributed by atoms with Crippen LogP contribution >= 0.6 is 0 Å². The molecule has 1 amide bonds. The molecule has 1 rings (SSSR count). The third-order valence-electron chi connectivity index (χ3n) is 2.60. The van der Waals surface area contributed by atoms with Crippen molar-refractivity contribution in [1.82, 2.24) is 9.80 Å². The molecule has 4 nitrogen and oxygen atoms in total.